The van der Waals surface area contributed by atoms with Crippen molar-refractivity contribution in [2.45, 2.75) is 44.2 Å². The Bertz CT molecular complexity index is 246. The van der Waals surface area contributed by atoms with Crippen LogP contribution in [-0.2, 0) is 4.79 Å². The third-order valence-electron chi connectivity index (χ3n) is 3.04. The number of hydrogen-bond acceptors (Lipinski definition) is 2. The number of allylic oxidation sites excluding steroid dienone is 2. The minimum absolute atomic E-state index is 0.290. The van der Waals surface area contributed by atoms with E-state index in [0.29, 0.717) is 6.04 Å². The van der Waals surface area contributed by atoms with Gasteiger partial charge in [0.25, 0.3) is 0 Å². The van der Waals surface area contributed by atoms with Gasteiger partial charge in [0.15, 0.2) is 0 Å². The second-order valence-electron chi connectivity index (χ2n) is 4.30. The van der Waals surface area contributed by atoms with Crippen LogP contribution in [0, 0.1) is 5.92 Å². The summed E-state index contributed by atoms with van der Waals surface area (Å²) in [5.74, 6) is -0.393. The van der Waals surface area contributed by atoms with Gasteiger partial charge in [-0.1, -0.05) is 12.2 Å². The van der Waals surface area contributed by atoms with E-state index >= 15 is 0 Å². The van der Waals surface area contributed by atoms with Gasteiger partial charge in [-0.2, -0.15) is 0 Å². The molecule has 0 aliphatic heterocycles. The Labute approximate surface area is 84.2 Å². The van der Waals surface area contributed by atoms with Gasteiger partial charge in [-0.15, -0.1) is 0 Å². The van der Waals surface area contributed by atoms with Gasteiger partial charge in [-0.05, 0) is 38.0 Å². The van der Waals surface area contributed by atoms with Crippen molar-refractivity contribution in [2.24, 2.45) is 5.92 Å². The van der Waals surface area contributed by atoms with Crippen molar-refractivity contribution in [3.05, 3.63) is 12.2 Å². The highest BCUT2D eigenvalue weighted by molar-refractivity contribution is 5.74. The Balaban J connectivity index is 1.93. The van der Waals surface area contributed by atoms with E-state index in [-0.39, 0.29) is 12.0 Å². The Kier molecular flexibility index (Phi) is 2.87. The van der Waals surface area contributed by atoms with E-state index in [4.69, 9.17) is 5.11 Å². The molecule has 78 valence electrons. The van der Waals surface area contributed by atoms with Gasteiger partial charge >= 0.3 is 5.97 Å². The van der Waals surface area contributed by atoms with Gasteiger partial charge in [0.2, 0.25) is 0 Å². The van der Waals surface area contributed by atoms with Gasteiger partial charge in [-0.3, -0.25) is 4.79 Å². The average Bonchev–Trinajstić information content (AvgIpc) is 2.99. The normalized spacial score (nSPS) is 28.7. The molecular weight excluding hydrogens is 178 g/mol. The molecule has 2 rings (SSSR count). The summed E-state index contributed by atoms with van der Waals surface area (Å²) in [5.41, 5.74) is 0. The van der Waals surface area contributed by atoms with Crippen LogP contribution in [0.25, 0.3) is 0 Å². The molecule has 0 spiro atoms. The lowest BCUT2D eigenvalue weighted by Crippen LogP contribution is -2.44. The monoisotopic (exact) mass is 195 g/mol. The summed E-state index contributed by atoms with van der Waals surface area (Å²) in [5, 5.41) is 12.3. The zero-order valence-corrected chi connectivity index (χ0v) is 8.28. The first-order valence-corrected chi connectivity index (χ1v) is 5.41. The zero-order chi connectivity index (χ0) is 9.97. The van der Waals surface area contributed by atoms with E-state index in [0.717, 1.165) is 32.1 Å². The van der Waals surface area contributed by atoms with Crippen LogP contribution >= 0.6 is 0 Å². The summed E-state index contributed by atoms with van der Waals surface area (Å²) in [6.45, 7) is 0. The van der Waals surface area contributed by atoms with Crippen LogP contribution in [0.3, 0.4) is 0 Å². The molecule has 0 saturated heterocycles. The molecule has 2 aliphatic carbocycles. The molecule has 3 nitrogen and oxygen atoms in total. The standard InChI is InChI=1S/C11H17NO2/c13-11(14)10(12-9-6-7-9)8-4-2-1-3-5-8/h1-2,8-10,12H,3-7H2,(H,13,14). The molecule has 0 aromatic heterocycles. The molecule has 1 saturated carbocycles. The maximum atomic E-state index is 11.1. The smallest absolute Gasteiger partial charge is 0.321 e. The number of rotatable bonds is 4. The topological polar surface area (TPSA) is 49.3 Å². The van der Waals surface area contributed by atoms with E-state index in [2.05, 4.69) is 17.5 Å². The fourth-order valence-electron chi connectivity index (χ4n) is 2.03. The van der Waals surface area contributed by atoms with Gasteiger partial charge in [0.05, 0.1) is 0 Å². The number of hydrogen-bond donors (Lipinski definition) is 2. The number of carbonyl (C=O) groups is 1. The summed E-state index contributed by atoms with van der Waals surface area (Å²) in [7, 11) is 0. The zero-order valence-electron chi connectivity index (χ0n) is 8.28. The molecular formula is C11H17NO2. The number of carboxylic acid groups (broad SMARTS) is 1. The maximum Gasteiger partial charge on any atom is 0.321 e. The van der Waals surface area contributed by atoms with Crippen molar-refractivity contribution in [3.63, 3.8) is 0 Å². The first-order valence-electron chi connectivity index (χ1n) is 5.41. The second-order valence-corrected chi connectivity index (χ2v) is 4.30. The molecule has 0 radical (unpaired) electrons. The molecule has 0 amide bonds. The molecule has 2 N–H and O–H groups in total. The molecule has 0 heterocycles. The van der Waals surface area contributed by atoms with E-state index in [1.54, 1.807) is 0 Å². The Morgan fingerprint density at radius 2 is 2.14 bits per heavy atom. The molecule has 0 bridgehead atoms. The predicted octanol–water partition coefficient (Wildman–Crippen LogP) is 1.55. The van der Waals surface area contributed by atoms with Crippen LogP contribution < -0.4 is 5.32 Å². The number of carboxylic acids is 1. The van der Waals surface area contributed by atoms with Crippen LogP contribution in [0.2, 0.25) is 0 Å². The molecule has 2 unspecified atom stereocenters. The van der Waals surface area contributed by atoms with E-state index in [1.807, 2.05) is 0 Å². The van der Waals surface area contributed by atoms with Crippen molar-refractivity contribution < 1.29 is 9.90 Å². The van der Waals surface area contributed by atoms with Crippen molar-refractivity contribution >= 4 is 5.97 Å². The number of aliphatic carboxylic acids is 1. The highest BCUT2D eigenvalue weighted by Gasteiger charge is 2.33. The molecule has 0 aromatic rings. The van der Waals surface area contributed by atoms with Crippen LogP contribution in [0.1, 0.15) is 32.1 Å². The van der Waals surface area contributed by atoms with Crippen molar-refractivity contribution in [2.75, 3.05) is 0 Å². The second kappa shape index (κ2) is 4.13. The average molecular weight is 195 g/mol. The first kappa shape index (κ1) is 9.71. The van der Waals surface area contributed by atoms with Gasteiger partial charge in [0.1, 0.15) is 6.04 Å². The Morgan fingerprint density at radius 3 is 2.64 bits per heavy atom. The predicted molar refractivity (Wildman–Crippen MR) is 54.1 cm³/mol. The largest absolute Gasteiger partial charge is 0.480 e. The van der Waals surface area contributed by atoms with Crippen molar-refractivity contribution in [3.8, 4) is 0 Å². The lowest BCUT2D eigenvalue weighted by Gasteiger charge is -2.25. The maximum absolute atomic E-state index is 11.1. The highest BCUT2D eigenvalue weighted by atomic mass is 16.4. The first-order chi connectivity index (χ1) is 6.77. The molecule has 0 aromatic carbocycles. The van der Waals surface area contributed by atoms with E-state index in [1.165, 1.54) is 0 Å². The Hall–Kier alpha value is -0.830. The third-order valence-corrected chi connectivity index (χ3v) is 3.04. The molecule has 2 aliphatic rings. The quantitative estimate of drug-likeness (QED) is 0.669. The van der Waals surface area contributed by atoms with Crippen molar-refractivity contribution in [1.82, 2.24) is 5.32 Å². The SMILES string of the molecule is O=C(O)C(NC1CC1)C1CC=CCC1. The molecule has 1 fully saturated rings. The highest BCUT2D eigenvalue weighted by Crippen LogP contribution is 2.26. The Morgan fingerprint density at radius 1 is 1.36 bits per heavy atom. The lowest BCUT2D eigenvalue weighted by molar-refractivity contribution is -0.141. The van der Waals surface area contributed by atoms with Crippen LogP contribution in [0.5, 0.6) is 0 Å². The summed E-state index contributed by atoms with van der Waals surface area (Å²) >= 11 is 0. The van der Waals surface area contributed by atoms with Crippen LogP contribution in [0.4, 0.5) is 0 Å². The van der Waals surface area contributed by atoms with Crippen molar-refractivity contribution in [1.29, 1.82) is 0 Å². The molecule has 2 atom stereocenters. The summed E-state index contributed by atoms with van der Waals surface area (Å²) in [6, 6.07) is 0.148. The molecule has 3 heteroatoms. The minimum atomic E-state index is -0.683. The lowest BCUT2D eigenvalue weighted by atomic mass is 9.87. The fourth-order valence-corrected chi connectivity index (χ4v) is 2.03. The summed E-state index contributed by atoms with van der Waals surface area (Å²) in [6.07, 6.45) is 9.49. The fraction of sp³-hybridized carbons (Fsp3) is 0.727. The minimum Gasteiger partial charge on any atom is -0.480 e. The molecule has 14 heavy (non-hydrogen) atoms. The van der Waals surface area contributed by atoms with Crippen LogP contribution in [0.15, 0.2) is 12.2 Å². The third kappa shape index (κ3) is 2.35. The van der Waals surface area contributed by atoms with E-state index in [9.17, 15) is 4.79 Å². The van der Waals surface area contributed by atoms with Crippen LogP contribution in [-0.4, -0.2) is 23.2 Å². The number of nitrogens with one attached hydrogen (secondary N) is 1. The summed E-state index contributed by atoms with van der Waals surface area (Å²) in [4.78, 5) is 11.1. The van der Waals surface area contributed by atoms with Gasteiger partial charge in [-0.25, -0.2) is 0 Å². The van der Waals surface area contributed by atoms with E-state index < -0.39 is 5.97 Å². The summed E-state index contributed by atoms with van der Waals surface area (Å²) < 4.78 is 0. The van der Waals surface area contributed by atoms with Gasteiger partial charge < -0.3 is 10.4 Å². The van der Waals surface area contributed by atoms with Gasteiger partial charge in [0, 0.05) is 6.04 Å².